The summed E-state index contributed by atoms with van der Waals surface area (Å²) >= 11 is 11.7. The summed E-state index contributed by atoms with van der Waals surface area (Å²) in [5, 5.41) is 2.77. The molecule has 6 nitrogen and oxygen atoms in total. The molecule has 98 valence electrons. The minimum Gasteiger partial charge on any atom is -0.379 e. The Bertz CT molecular complexity index is 465. The summed E-state index contributed by atoms with van der Waals surface area (Å²) in [6.45, 7) is 2.32. The standard InChI is InChI=1S/C10H12Cl2N4O2/c1-10(3-18-2-5(10)13)9(17)16-6-7(11)14-4-15-8(6)12/h4-5H,2-3,13H2,1H3,(H,16,17). The van der Waals surface area contributed by atoms with Crippen LogP contribution in [0.25, 0.3) is 0 Å². The summed E-state index contributed by atoms with van der Waals surface area (Å²) in [5.74, 6) is -0.314. The van der Waals surface area contributed by atoms with Crippen LogP contribution >= 0.6 is 23.2 Å². The molecule has 1 aliphatic rings. The van der Waals surface area contributed by atoms with E-state index in [0.29, 0.717) is 6.61 Å². The van der Waals surface area contributed by atoms with Gasteiger partial charge in [-0.05, 0) is 6.92 Å². The van der Waals surface area contributed by atoms with Gasteiger partial charge in [0.15, 0.2) is 10.3 Å². The number of rotatable bonds is 2. The molecule has 1 amide bonds. The average molecular weight is 291 g/mol. The third-order valence-corrected chi connectivity index (χ3v) is 3.60. The number of nitrogens with two attached hydrogens (primary N) is 1. The highest BCUT2D eigenvalue weighted by atomic mass is 35.5. The normalized spacial score (nSPS) is 27.2. The van der Waals surface area contributed by atoms with Gasteiger partial charge in [0, 0.05) is 6.04 Å². The van der Waals surface area contributed by atoms with E-state index >= 15 is 0 Å². The van der Waals surface area contributed by atoms with E-state index in [-0.39, 0.29) is 34.5 Å². The van der Waals surface area contributed by atoms with Crippen molar-refractivity contribution in [1.29, 1.82) is 0 Å². The van der Waals surface area contributed by atoms with Crippen molar-refractivity contribution in [3.8, 4) is 0 Å². The Hall–Kier alpha value is -0.950. The third kappa shape index (κ3) is 2.29. The second-order valence-corrected chi connectivity index (χ2v) is 5.04. The molecule has 0 spiro atoms. The van der Waals surface area contributed by atoms with E-state index in [2.05, 4.69) is 15.3 Å². The molecule has 18 heavy (non-hydrogen) atoms. The zero-order valence-electron chi connectivity index (χ0n) is 9.61. The lowest BCUT2D eigenvalue weighted by Gasteiger charge is -2.25. The molecule has 8 heteroatoms. The molecule has 1 fully saturated rings. The second-order valence-electron chi connectivity index (χ2n) is 4.32. The Balaban J connectivity index is 2.22. The SMILES string of the molecule is CC1(C(=O)Nc2c(Cl)ncnc2Cl)COCC1N. The van der Waals surface area contributed by atoms with Crippen LogP contribution in [-0.2, 0) is 9.53 Å². The van der Waals surface area contributed by atoms with Crippen molar-refractivity contribution in [2.75, 3.05) is 18.5 Å². The number of nitrogens with one attached hydrogen (secondary N) is 1. The van der Waals surface area contributed by atoms with E-state index in [0.717, 1.165) is 0 Å². The molecular formula is C10H12Cl2N4O2. The summed E-state index contributed by atoms with van der Waals surface area (Å²) in [5.41, 5.74) is 5.23. The largest absolute Gasteiger partial charge is 0.379 e. The van der Waals surface area contributed by atoms with Crippen LogP contribution in [0.15, 0.2) is 6.33 Å². The molecule has 3 N–H and O–H groups in total. The Morgan fingerprint density at radius 3 is 2.67 bits per heavy atom. The van der Waals surface area contributed by atoms with Crippen molar-refractivity contribution >= 4 is 34.8 Å². The van der Waals surface area contributed by atoms with E-state index in [4.69, 9.17) is 33.7 Å². The number of halogens is 2. The van der Waals surface area contributed by atoms with Gasteiger partial charge in [-0.2, -0.15) is 0 Å². The predicted octanol–water partition coefficient (Wildman–Crippen LogP) is 1.09. The molecule has 2 unspecified atom stereocenters. The van der Waals surface area contributed by atoms with Gasteiger partial charge in [0.25, 0.3) is 0 Å². The molecule has 1 aliphatic heterocycles. The molecule has 1 aromatic heterocycles. The summed E-state index contributed by atoms with van der Waals surface area (Å²) < 4.78 is 5.21. The molecule has 0 aromatic carbocycles. The Kier molecular flexibility index (Phi) is 3.72. The summed E-state index contributed by atoms with van der Waals surface area (Å²) in [6.07, 6.45) is 1.21. The van der Waals surface area contributed by atoms with Gasteiger partial charge in [0.1, 0.15) is 12.0 Å². The molecule has 0 aliphatic carbocycles. The highest BCUT2D eigenvalue weighted by Crippen LogP contribution is 2.32. The van der Waals surface area contributed by atoms with Crippen molar-refractivity contribution in [3.05, 3.63) is 16.6 Å². The maximum atomic E-state index is 12.2. The van der Waals surface area contributed by atoms with Crippen LogP contribution in [0.5, 0.6) is 0 Å². The van der Waals surface area contributed by atoms with Gasteiger partial charge < -0.3 is 15.8 Å². The zero-order chi connectivity index (χ0) is 13.3. The minimum absolute atomic E-state index is 0.0828. The van der Waals surface area contributed by atoms with Crippen molar-refractivity contribution in [3.63, 3.8) is 0 Å². The van der Waals surface area contributed by atoms with Crippen molar-refractivity contribution in [1.82, 2.24) is 9.97 Å². The lowest BCUT2D eigenvalue weighted by molar-refractivity contribution is -0.125. The monoisotopic (exact) mass is 290 g/mol. The van der Waals surface area contributed by atoms with Crippen LogP contribution in [0.3, 0.4) is 0 Å². The number of amides is 1. The number of ether oxygens (including phenoxy) is 1. The Morgan fingerprint density at radius 1 is 1.56 bits per heavy atom. The fourth-order valence-corrected chi connectivity index (χ4v) is 2.04. The fourth-order valence-electron chi connectivity index (χ4n) is 1.63. The molecule has 1 aromatic rings. The van der Waals surface area contributed by atoms with Gasteiger partial charge in [0.2, 0.25) is 5.91 Å². The first-order valence-corrected chi connectivity index (χ1v) is 6.01. The predicted molar refractivity (Wildman–Crippen MR) is 67.6 cm³/mol. The zero-order valence-corrected chi connectivity index (χ0v) is 11.1. The molecule has 2 heterocycles. The van der Waals surface area contributed by atoms with Crippen molar-refractivity contribution < 1.29 is 9.53 Å². The van der Waals surface area contributed by atoms with E-state index < -0.39 is 5.41 Å². The fraction of sp³-hybridized carbons (Fsp3) is 0.500. The second kappa shape index (κ2) is 4.97. The third-order valence-electron chi connectivity index (χ3n) is 3.03. The van der Waals surface area contributed by atoms with Gasteiger partial charge in [-0.3, -0.25) is 4.79 Å². The number of hydrogen-bond donors (Lipinski definition) is 2. The van der Waals surface area contributed by atoms with Crippen LogP contribution < -0.4 is 11.1 Å². The van der Waals surface area contributed by atoms with Crippen LogP contribution in [0.4, 0.5) is 5.69 Å². The van der Waals surface area contributed by atoms with Crippen LogP contribution in [0, 0.1) is 5.41 Å². The topological polar surface area (TPSA) is 90.1 Å². The van der Waals surface area contributed by atoms with E-state index in [9.17, 15) is 4.79 Å². The quantitative estimate of drug-likeness (QED) is 0.796. The summed E-state index contributed by atoms with van der Waals surface area (Å²) in [6, 6.07) is -0.375. The van der Waals surface area contributed by atoms with Gasteiger partial charge >= 0.3 is 0 Å². The molecule has 1 saturated heterocycles. The van der Waals surface area contributed by atoms with E-state index in [1.54, 1.807) is 6.92 Å². The van der Waals surface area contributed by atoms with Gasteiger partial charge in [-0.1, -0.05) is 23.2 Å². The first kappa shape index (κ1) is 13.5. The summed E-state index contributed by atoms with van der Waals surface area (Å²) in [4.78, 5) is 19.7. The van der Waals surface area contributed by atoms with Crippen LogP contribution in [0.2, 0.25) is 10.3 Å². The maximum Gasteiger partial charge on any atom is 0.234 e. The molecule has 2 rings (SSSR count). The lowest BCUT2D eigenvalue weighted by atomic mass is 9.85. The first-order valence-electron chi connectivity index (χ1n) is 5.26. The maximum absolute atomic E-state index is 12.2. The van der Waals surface area contributed by atoms with Gasteiger partial charge in [0.05, 0.1) is 18.6 Å². The number of aromatic nitrogens is 2. The number of carbonyl (C=O) groups is 1. The van der Waals surface area contributed by atoms with Gasteiger partial charge in [-0.25, -0.2) is 9.97 Å². The molecule has 0 radical (unpaired) electrons. The lowest BCUT2D eigenvalue weighted by Crippen LogP contribution is -2.47. The van der Waals surface area contributed by atoms with E-state index in [1.807, 2.05) is 0 Å². The van der Waals surface area contributed by atoms with Crippen molar-refractivity contribution in [2.24, 2.45) is 11.1 Å². The van der Waals surface area contributed by atoms with Crippen LogP contribution in [-0.4, -0.2) is 35.1 Å². The molecule has 0 bridgehead atoms. The average Bonchev–Trinajstić information content (AvgIpc) is 2.66. The smallest absolute Gasteiger partial charge is 0.234 e. The number of nitrogens with zero attached hydrogens (tertiary/aromatic N) is 2. The number of anilines is 1. The van der Waals surface area contributed by atoms with Crippen molar-refractivity contribution in [2.45, 2.75) is 13.0 Å². The highest BCUT2D eigenvalue weighted by Gasteiger charge is 2.44. The Morgan fingerprint density at radius 2 is 2.17 bits per heavy atom. The highest BCUT2D eigenvalue weighted by molar-refractivity contribution is 6.38. The molecule has 0 saturated carbocycles. The van der Waals surface area contributed by atoms with Crippen LogP contribution in [0.1, 0.15) is 6.92 Å². The van der Waals surface area contributed by atoms with Gasteiger partial charge in [-0.15, -0.1) is 0 Å². The summed E-state index contributed by atoms with van der Waals surface area (Å²) in [7, 11) is 0. The van der Waals surface area contributed by atoms with E-state index in [1.165, 1.54) is 6.33 Å². The number of hydrogen-bond acceptors (Lipinski definition) is 5. The number of carbonyl (C=O) groups excluding carboxylic acids is 1. The minimum atomic E-state index is -0.817. The Labute approximate surface area is 114 Å². The molecule has 2 atom stereocenters. The first-order chi connectivity index (χ1) is 8.45. The molecular weight excluding hydrogens is 279 g/mol.